The van der Waals surface area contributed by atoms with Gasteiger partial charge < -0.3 is 14.5 Å². The molecular formula is C11H17NO2S. The maximum Gasteiger partial charge on any atom is 0.0951 e. The number of hydrogen-bond acceptors (Lipinski definition) is 4. The van der Waals surface area contributed by atoms with Crippen molar-refractivity contribution in [1.82, 2.24) is 5.32 Å². The van der Waals surface area contributed by atoms with Gasteiger partial charge in [-0.05, 0) is 12.6 Å². The van der Waals surface area contributed by atoms with Crippen molar-refractivity contribution < 1.29 is 9.15 Å². The molecule has 1 aliphatic heterocycles. The second-order valence-electron chi connectivity index (χ2n) is 3.58. The number of nitrogens with one attached hydrogen (secondary N) is 1. The maximum absolute atomic E-state index is 5.79. The Kier molecular flexibility index (Phi) is 4.11. The molecule has 2 heterocycles. The first-order valence-corrected chi connectivity index (χ1v) is 6.52. The van der Waals surface area contributed by atoms with Crippen molar-refractivity contribution in [1.29, 1.82) is 0 Å². The zero-order valence-corrected chi connectivity index (χ0v) is 9.76. The molecule has 2 rings (SSSR count). The zero-order valence-electron chi connectivity index (χ0n) is 8.94. The molecule has 0 saturated carbocycles. The van der Waals surface area contributed by atoms with Crippen LogP contribution in [0, 0.1) is 0 Å². The molecule has 0 spiro atoms. The van der Waals surface area contributed by atoms with Gasteiger partial charge in [-0.15, -0.1) is 0 Å². The van der Waals surface area contributed by atoms with Crippen LogP contribution in [0.1, 0.15) is 18.5 Å². The molecule has 0 amide bonds. The summed E-state index contributed by atoms with van der Waals surface area (Å²) in [5.74, 6) is 2.17. The summed E-state index contributed by atoms with van der Waals surface area (Å²) in [7, 11) is 0. The van der Waals surface area contributed by atoms with Crippen LogP contribution in [-0.2, 0) is 4.74 Å². The normalized spacial score (nSPS) is 23.9. The summed E-state index contributed by atoms with van der Waals surface area (Å²) in [6, 6.07) is 2.28. The van der Waals surface area contributed by atoms with E-state index in [9.17, 15) is 0 Å². The molecular weight excluding hydrogens is 210 g/mol. The third-order valence-electron chi connectivity index (χ3n) is 2.54. The van der Waals surface area contributed by atoms with E-state index in [2.05, 4.69) is 12.2 Å². The Morgan fingerprint density at radius 1 is 1.67 bits per heavy atom. The highest BCUT2D eigenvalue weighted by molar-refractivity contribution is 7.99. The minimum atomic E-state index is 0.265. The van der Waals surface area contributed by atoms with E-state index >= 15 is 0 Å². The van der Waals surface area contributed by atoms with Crippen LogP contribution in [0.5, 0.6) is 0 Å². The lowest BCUT2D eigenvalue weighted by atomic mass is 10.1. The largest absolute Gasteiger partial charge is 0.472 e. The van der Waals surface area contributed by atoms with Crippen LogP contribution in [-0.4, -0.2) is 30.8 Å². The average molecular weight is 227 g/mol. The van der Waals surface area contributed by atoms with Crippen LogP contribution >= 0.6 is 11.8 Å². The van der Waals surface area contributed by atoms with Gasteiger partial charge in [0.05, 0.1) is 31.3 Å². The molecule has 1 saturated heterocycles. The van der Waals surface area contributed by atoms with Gasteiger partial charge >= 0.3 is 0 Å². The molecule has 15 heavy (non-hydrogen) atoms. The van der Waals surface area contributed by atoms with Crippen LogP contribution < -0.4 is 5.32 Å². The molecule has 1 aliphatic rings. The second kappa shape index (κ2) is 5.58. The van der Waals surface area contributed by atoms with E-state index in [1.54, 1.807) is 12.5 Å². The highest BCUT2D eigenvalue weighted by atomic mass is 32.2. The Balaban J connectivity index is 2.04. The third-order valence-corrected chi connectivity index (χ3v) is 3.56. The quantitative estimate of drug-likeness (QED) is 0.854. The molecule has 0 radical (unpaired) electrons. The topological polar surface area (TPSA) is 34.4 Å². The number of ether oxygens (including phenoxy) is 1. The fourth-order valence-electron chi connectivity index (χ4n) is 1.83. The first-order valence-electron chi connectivity index (χ1n) is 5.36. The van der Waals surface area contributed by atoms with Crippen LogP contribution in [0.15, 0.2) is 23.0 Å². The van der Waals surface area contributed by atoms with Crippen molar-refractivity contribution in [2.24, 2.45) is 0 Å². The number of thioether (sulfide) groups is 1. The van der Waals surface area contributed by atoms with Crippen LogP contribution in [0.25, 0.3) is 0 Å². The predicted octanol–water partition coefficient (Wildman–Crippen LogP) is 2.06. The van der Waals surface area contributed by atoms with E-state index in [-0.39, 0.29) is 12.1 Å². The first kappa shape index (κ1) is 11.0. The van der Waals surface area contributed by atoms with Gasteiger partial charge in [0.2, 0.25) is 0 Å². The monoisotopic (exact) mass is 227 g/mol. The lowest BCUT2D eigenvalue weighted by Crippen LogP contribution is -2.37. The summed E-state index contributed by atoms with van der Waals surface area (Å²) in [6.07, 6.45) is 3.78. The van der Waals surface area contributed by atoms with Crippen LogP contribution in [0.4, 0.5) is 0 Å². The van der Waals surface area contributed by atoms with E-state index in [1.807, 2.05) is 17.8 Å². The van der Waals surface area contributed by atoms with E-state index in [0.29, 0.717) is 0 Å². The van der Waals surface area contributed by atoms with Gasteiger partial charge in [0.1, 0.15) is 0 Å². The summed E-state index contributed by atoms with van der Waals surface area (Å²) in [5.41, 5.74) is 1.18. The maximum atomic E-state index is 5.79. The Hall–Kier alpha value is -0.450. The van der Waals surface area contributed by atoms with Gasteiger partial charge in [0.15, 0.2) is 0 Å². The molecule has 4 heteroatoms. The van der Waals surface area contributed by atoms with E-state index in [4.69, 9.17) is 9.15 Å². The molecule has 1 N–H and O–H groups in total. The highest BCUT2D eigenvalue weighted by Crippen LogP contribution is 2.25. The number of likely N-dealkylation sites (N-methyl/N-ethyl adjacent to an activating group) is 1. The van der Waals surface area contributed by atoms with Crippen molar-refractivity contribution in [2.45, 2.75) is 19.1 Å². The minimum absolute atomic E-state index is 0.265. The SMILES string of the molecule is CCNC(c1ccoc1)C1CSCCO1. The Morgan fingerprint density at radius 2 is 2.60 bits per heavy atom. The molecule has 0 aromatic carbocycles. The van der Waals surface area contributed by atoms with Crippen LogP contribution in [0.2, 0.25) is 0 Å². The van der Waals surface area contributed by atoms with E-state index < -0.39 is 0 Å². The number of furan rings is 1. The summed E-state index contributed by atoms with van der Waals surface area (Å²) in [4.78, 5) is 0. The molecule has 1 aromatic rings. The van der Waals surface area contributed by atoms with Gasteiger partial charge in [-0.3, -0.25) is 0 Å². The summed E-state index contributed by atoms with van der Waals surface area (Å²) >= 11 is 1.96. The fourth-order valence-corrected chi connectivity index (χ4v) is 2.74. The van der Waals surface area contributed by atoms with E-state index in [1.165, 1.54) is 5.56 Å². The van der Waals surface area contributed by atoms with Gasteiger partial charge in [-0.25, -0.2) is 0 Å². The third kappa shape index (κ3) is 2.77. The summed E-state index contributed by atoms with van der Waals surface area (Å²) in [5, 5.41) is 3.46. The molecule has 1 aromatic heterocycles. The Morgan fingerprint density at radius 3 is 3.20 bits per heavy atom. The van der Waals surface area contributed by atoms with E-state index in [0.717, 1.165) is 24.7 Å². The van der Waals surface area contributed by atoms with Gasteiger partial charge in [-0.1, -0.05) is 6.92 Å². The smallest absolute Gasteiger partial charge is 0.0951 e. The lowest BCUT2D eigenvalue weighted by molar-refractivity contribution is 0.0470. The van der Waals surface area contributed by atoms with Crippen LogP contribution in [0.3, 0.4) is 0 Å². The fraction of sp³-hybridized carbons (Fsp3) is 0.636. The highest BCUT2D eigenvalue weighted by Gasteiger charge is 2.26. The first-order chi connectivity index (χ1) is 7.42. The van der Waals surface area contributed by atoms with Gasteiger partial charge in [0.25, 0.3) is 0 Å². The number of hydrogen-bond donors (Lipinski definition) is 1. The van der Waals surface area contributed by atoms with Crippen molar-refractivity contribution in [3.05, 3.63) is 24.2 Å². The molecule has 2 atom stereocenters. The Labute approximate surface area is 94.6 Å². The van der Waals surface area contributed by atoms with Crippen molar-refractivity contribution in [3.63, 3.8) is 0 Å². The zero-order chi connectivity index (χ0) is 10.5. The lowest BCUT2D eigenvalue weighted by Gasteiger charge is -2.30. The predicted molar refractivity (Wildman–Crippen MR) is 62.2 cm³/mol. The molecule has 0 aliphatic carbocycles. The summed E-state index contributed by atoms with van der Waals surface area (Å²) in [6.45, 7) is 3.92. The average Bonchev–Trinajstić information content (AvgIpc) is 2.80. The summed E-state index contributed by atoms with van der Waals surface area (Å²) < 4.78 is 10.9. The molecule has 84 valence electrons. The van der Waals surface area contributed by atoms with Gasteiger partial charge in [0, 0.05) is 17.1 Å². The Bertz CT molecular complexity index is 270. The van der Waals surface area contributed by atoms with Gasteiger partial charge in [-0.2, -0.15) is 11.8 Å². The van der Waals surface area contributed by atoms with Crippen molar-refractivity contribution in [2.75, 3.05) is 24.7 Å². The standard InChI is InChI=1S/C11H17NO2S/c1-2-12-11(9-3-4-13-7-9)10-8-15-6-5-14-10/h3-4,7,10-12H,2,5-6,8H2,1H3. The molecule has 0 bridgehead atoms. The second-order valence-corrected chi connectivity index (χ2v) is 4.73. The number of rotatable bonds is 4. The molecule has 3 nitrogen and oxygen atoms in total. The molecule has 2 unspecified atom stereocenters. The minimum Gasteiger partial charge on any atom is -0.472 e. The van der Waals surface area contributed by atoms with Crippen molar-refractivity contribution in [3.8, 4) is 0 Å². The molecule has 1 fully saturated rings. The van der Waals surface area contributed by atoms with Crippen molar-refractivity contribution >= 4 is 11.8 Å².